The summed E-state index contributed by atoms with van der Waals surface area (Å²) in [6.07, 6.45) is 0. The Labute approximate surface area is 128 Å². The maximum Gasteiger partial charge on any atom is 0.238 e. The van der Waals surface area contributed by atoms with Crippen LogP contribution in [-0.4, -0.2) is 12.5 Å². The van der Waals surface area contributed by atoms with Crippen LogP contribution in [0.2, 0.25) is 5.02 Å². The van der Waals surface area contributed by atoms with E-state index in [9.17, 15) is 9.18 Å². The predicted octanol–water partition coefficient (Wildman–Crippen LogP) is 3.77. The topological polar surface area (TPSA) is 41.1 Å². The van der Waals surface area contributed by atoms with E-state index in [4.69, 9.17) is 11.6 Å². The molecule has 0 bridgehead atoms. The number of carbonyl (C=O) groups is 1. The number of hydrogen-bond donors (Lipinski definition) is 2. The molecule has 0 saturated heterocycles. The second-order valence-corrected chi connectivity index (χ2v) is 5.12. The molecule has 0 aliphatic carbocycles. The second-order valence-electron chi connectivity index (χ2n) is 4.69. The summed E-state index contributed by atoms with van der Waals surface area (Å²) in [6.45, 7) is 2.06. The van der Waals surface area contributed by atoms with Gasteiger partial charge in [0.15, 0.2) is 0 Å². The van der Waals surface area contributed by atoms with Crippen molar-refractivity contribution in [2.75, 3.05) is 11.9 Å². The van der Waals surface area contributed by atoms with Gasteiger partial charge < -0.3 is 10.6 Å². The Morgan fingerprint density at radius 3 is 2.62 bits per heavy atom. The third-order valence-corrected chi connectivity index (χ3v) is 3.31. The molecule has 110 valence electrons. The molecule has 2 rings (SSSR count). The molecule has 0 spiro atoms. The third kappa shape index (κ3) is 4.55. The van der Waals surface area contributed by atoms with Gasteiger partial charge in [0.05, 0.1) is 12.2 Å². The summed E-state index contributed by atoms with van der Waals surface area (Å²) < 4.78 is 13.6. The van der Waals surface area contributed by atoms with E-state index in [1.165, 1.54) is 12.1 Å². The molecule has 21 heavy (non-hydrogen) atoms. The van der Waals surface area contributed by atoms with E-state index in [0.29, 0.717) is 5.02 Å². The molecule has 2 N–H and O–H groups in total. The number of halogens is 2. The van der Waals surface area contributed by atoms with Crippen molar-refractivity contribution in [3.63, 3.8) is 0 Å². The van der Waals surface area contributed by atoms with Crippen LogP contribution >= 0.6 is 11.6 Å². The first-order valence-electron chi connectivity index (χ1n) is 6.59. The van der Waals surface area contributed by atoms with Gasteiger partial charge in [-0.2, -0.15) is 0 Å². The fourth-order valence-electron chi connectivity index (χ4n) is 1.89. The minimum atomic E-state index is -0.549. The van der Waals surface area contributed by atoms with E-state index in [0.717, 1.165) is 11.6 Å². The highest BCUT2D eigenvalue weighted by Crippen LogP contribution is 2.18. The maximum atomic E-state index is 13.6. The largest absolute Gasteiger partial charge is 0.322 e. The molecule has 0 saturated carbocycles. The highest BCUT2D eigenvalue weighted by molar-refractivity contribution is 6.30. The molecular weight excluding hydrogens is 291 g/mol. The lowest BCUT2D eigenvalue weighted by atomic mass is 10.1. The Bertz CT molecular complexity index is 619. The average Bonchev–Trinajstić information content (AvgIpc) is 2.48. The SMILES string of the molecule is C[C@@H](NCC(=O)Nc1ccc(Cl)cc1F)c1ccccc1. The summed E-state index contributed by atoms with van der Waals surface area (Å²) in [6, 6.07) is 13.9. The second kappa shape index (κ2) is 7.20. The molecule has 5 heteroatoms. The van der Waals surface area contributed by atoms with Crippen molar-refractivity contribution in [2.45, 2.75) is 13.0 Å². The Morgan fingerprint density at radius 2 is 1.95 bits per heavy atom. The van der Waals surface area contributed by atoms with Crippen LogP contribution in [0.3, 0.4) is 0 Å². The number of hydrogen-bond acceptors (Lipinski definition) is 2. The molecule has 0 aromatic heterocycles. The Hall–Kier alpha value is -1.91. The van der Waals surface area contributed by atoms with Gasteiger partial charge >= 0.3 is 0 Å². The van der Waals surface area contributed by atoms with Crippen molar-refractivity contribution in [1.29, 1.82) is 0 Å². The van der Waals surface area contributed by atoms with Crippen LogP contribution in [0.5, 0.6) is 0 Å². The summed E-state index contributed by atoms with van der Waals surface area (Å²) in [7, 11) is 0. The van der Waals surface area contributed by atoms with Crippen molar-refractivity contribution < 1.29 is 9.18 Å². The lowest BCUT2D eigenvalue weighted by Gasteiger charge is -2.14. The van der Waals surface area contributed by atoms with Gasteiger partial charge in [-0.05, 0) is 30.7 Å². The van der Waals surface area contributed by atoms with E-state index in [1.807, 2.05) is 37.3 Å². The molecular formula is C16H16ClFN2O. The van der Waals surface area contributed by atoms with E-state index in [-0.39, 0.29) is 24.2 Å². The van der Waals surface area contributed by atoms with Gasteiger partial charge in [0.25, 0.3) is 0 Å². The van der Waals surface area contributed by atoms with E-state index >= 15 is 0 Å². The van der Waals surface area contributed by atoms with Crippen LogP contribution in [0.4, 0.5) is 10.1 Å². The van der Waals surface area contributed by atoms with Crippen LogP contribution in [-0.2, 0) is 4.79 Å². The monoisotopic (exact) mass is 306 g/mol. The van der Waals surface area contributed by atoms with E-state index in [1.54, 1.807) is 0 Å². The third-order valence-electron chi connectivity index (χ3n) is 3.07. The number of carbonyl (C=O) groups excluding carboxylic acids is 1. The van der Waals surface area contributed by atoms with Gasteiger partial charge in [-0.25, -0.2) is 4.39 Å². The van der Waals surface area contributed by atoms with Gasteiger partial charge in [0, 0.05) is 11.1 Å². The molecule has 0 fully saturated rings. The summed E-state index contributed by atoms with van der Waals surface area (Å²) in [5, 5.41) is 5.89. The summed E-state index contributed by atoms with van der Waals surface area (Å²) >= 11 is 5.66. The average molecular weight is 307 g/mol. The van der Waals surface area contributed by atoms with Crippen LogP contribution in [0.1, 0.15) is 18.5 Å². The molecule has 1 atom stereocenters. The molecule has 3 nitrogen and oxygen atoms in total. The number of nitrogens with one attached hydrogen (secondary N) is 2. The molecule has 0 aliphatic heterocycles. The molecule has 0 aliphatic rings. The number of anilines is 1. The highest BCUT2D eigenvalue weighted by Gasteiger charge is 2.10. The minimum absolute atomic E-state index is 0.0343. The maximum absolute atomic E-state index is 13.6. The Balaban J connectivity index is 1.87. The minimum Gasteiger partial charge on any atom is -0.322 e. The summed E-state index contributed by atoms with van der Waals surface area (Å²) in [4.78, 5) is 11.8. The molecule has 2 aromatic rings. The Morgan fingerprint density at radius 1 is 1.24 bits per heavy atom. The zero-order valence-electron chi connectivity index (χ0n) is 11.6. The van der Waals surface area contributed by atoms with Crippen LogP contribution in [0, 0.1) is 5.82 Å². The van der Waals surface area contributed by atoms with Gasteiger partial charge in [-0.15, -0.1) is 0 Å². The van der Waals surface area contributed by atoms with Crippen LogP contribution < -0.4 is 10.6 Å². The smallest absolute Gasteiger partial charge is 0.238 e. The number of rotatable bonds is 5. The zero-order valence-corrected chi connectivity index (χ0v) is 12.3. The number of benzene rings is 2. The molecule has 2 aromatic carbocycles. The van der Waals surface area contributed by atoms with E-state index < -0.39 is 5.82 Å². The van der Waals surface area contributed by atoms with Crippen LogP contribution in [0.25, 0.3) is 0 Å². The van der Waals surface area contributed by atoms with Gasteiger partial charge in [-0.1, -0.05) is 41.9 Å². The zero-order chi connectivity index (χ0) is 15.2. The van der Waals surface area contributed by atoms with E-state index in [2.05, 4.69) is 10.6 Å². The lowest BCUT2D eigenvalue weighted by Crippen LogP contribution is -2.30. The number of amides is 1. The molecule has 0 heterocycles. The molecule has 1 amide bonds. The molecule has 0 unspecified atom stereocenters. The summed E-state index contributed by atoms with van der Waals surface area (Å²) in [5.74, 6) is -0.856. The van der Waals surface area contributed by atoms with Crippen molar-refractivity contribution in [2.24, 2.45) is 0 Å². The quantitative estimate of drug-likeness (QED) is 0.883. The van der Waals surface area contributed by atoms with Gasteiger partial charge in [-0.3, -0.25) is 4.79 Å². The summed E-state index contributed by atoms with van der Waals surface area (Å²) in [5.41, 5.74) is 1.21. The highest BCUT2D eigenvalue weighted by atomic mass is 35.5. The van der Waals surface area contributed by atoms with Crippen molar-refractivity contribution in [1.82, 2.24) is 5.32 Å². The fourth-order valence-corrected chi connectivity index (χ4v) is 2.05. The van der Waals surface area contributed by atoms with Crippen molar-refractivity contribution in [3.8, 4) is 0 Å². The van der Waals surface area contributed by atoms with Crippen molar-refractivity contribution >= 4 is 23.2 Å². The lowest BCUT2D eigenvalue weighted by molar-refractivity contribution is -0.115. The standard InChI is InChI=1S/C16H16ClFN2O/c1-11(12-5-3-2-4-6-12)19-10-16(21)20-15-8-7-13(17)9-14(15)18/h2-9,11,19H,10H2,1H3,(H,20,21)/t11-/m1/s1. The predicted molar refractivity (Wildman–Crippen MR) is 82.9 cm³/mol. The first kappa shape index (κ1) is 15.5. The van der Waals surface area contributed by atoms with Gasteiger partial charge in [0.2, 0.25) is 5.91 Å². The van der Waals surface area contributed by atoms with Gasteiger partial charge in [0.1, 0.15) is 5.82 Å². The Kier molecular flexibility index (Phi) is 5.31. The van der Waals surface area contributed by atoms with Crippen LogP contribution in [0.15, 0.2) is 48.5 Å². The fraction of sp³-hybridized carbons (Fsp3) is 0.188. The first-order valence-corrected chi connectivity index (χ1v) is 6.97. The first-order chi connectivity index (χ1) is 10.1. The normalized spacial score (nSPS) is 12.0. The van der Waals surface area contributed by atoms with Crippen molar-refractivity contribution in [3.05, 3.63) is 64.9 Å². The molecule has 0 radical (unpaired) electrons.